The predicted molar refractivity (Wildman–Crippen MR) is 219 cm³/mol. The van der Waals surface area contributed by atoms with Crippen molar-refractivity contribution in [3.8, 4) is 0 Å². The van der Waals surface area contributed by atoms with Gasteiger partial charge in [0.05, 0.1) is 26.4 Å². The first-order valence-corrected chi connectivity index (χ1v) is 19.1. The van der Waals surface area contributed by atoms with Crippen molar-refractivity contribution in [1.29, 1.82) is 0 Å². The van der Waals surface area contributed by atoms with E-state index in [-0.39, 0.29) is 94.7 Å². The normalized spacial score (nSPS) is 9.75. The molecule has 0 aliphatic rings. The van der Waals surface area contributed by atoms with E-state index in [9.17, 15) is 0 Å². The first-order chi connectivity index (χ1) is 28.2. The minimum atomic E-state index is -1.63. The number of aliphatic hydroxyl groups excluding tert-OH is 12. The molecule has 0 rings (SSSR count). The molecular weight excluding hydrogens is 1070 g/mol. The average molecular weight is 1160 g/mol. The topological polar surface area (TPSA) is 557 Å². The maximum Gasteiger partial charge on any atom is 2.00 e. The van der Waals surface area contributed by atoms with Crippen LogP contribution < -0.4 is 44.2 Å². The van der Waals surface area contributed by atoms with Gasteiger partial charge in [-0.25, -0.2) is 0 Å². The third-order valence-corrected chi connectivity index (χ3v) is 5.07. The van der Waals surface area contributed by atoms with Crippen LogP contribution in [-0.4, -0.2) is 257 Å². The summed E-state index contributed by atoms with van der Waals surface area (Å²) in [4.78, 5) is 0. The summed E-state index contributed by atoms with van der Waals surface area (Å²) in [7, 11) is 0. The van der Waals surface area contributed by atoms with Gasteiger partial charge in [-0.3, -0.25) is 0 Å². The van der Waals surface area contributed by atoms with Crippen LogP contribution in [-0.2, 0) is 68.3 Å². The molecule has 0 saturated heterocycles. The van der Waals surface area contributed by atoms with Gasteiger partial charge in [0.25, 0.3) is 0 Å². The van der Waals surface area contributed by atoms with Gasteiger partial charge < -0.3 is 146 Å². The van der Waals surface area contributed by atoms with Crippen molar-refractivity contribution < 1.29 is 170 Å². The summed E-state index contributed by atoms with van der Waals surface area (Å²) in [5, 5.41) is 172. The summed E-state index contributed by atoms with van der Waals surface area (Å²) >= 11 is 0. The molecule has 0 fully saturated rings. The minimum absolute atomic E-state index is 0. The van der Waals surface area contributed by atoms with Crippen LogP contribution in [0.2, 0.25) is 0 Å². The van der Waals surface area contributed by atoms with Crippen LogP contribution in [0.15, 0.2) is 0 Å². The van der Waals surface area contributed by atoms with Gasteiger partial charge in [0.1, 0.15) is 0 Å². The number of hydrogen-bond donors (Lipinski definition) is 28. The molecule has 0 aromatic carbocycles. The van der Waals surface area contributed by atoms with E-state index in [1.165, 1.54) is 0 Å². The monoisotopic (exact) mass is 1160 g/mol. The van der Waals surface area contributed by atoms with Crippen LogP contribution in [0.3, 0.4) is 0 Å². The fourth-order valence-corrected chi connectivity index (χ4v) is 2.48. The van der Waals surface area contributed by atoms with E-state index in [0.29, 0.717) is 26.2 Å². The van der Waals surface area contributed by atoms with E-state index in [4.69, 9.17) is 125 Å². The molecular formula is C32H88Cu4N8O20+8. The maximum atomic E-state index is 8.27. The summed E-state index contributed by atoms with van der Waals surface area (Å²) in [6, 6.07) is 0. The summed E-state index contributed by atoms with van der Waals surface area (Å²) < 4.78 is 0. The third kappa shape index (κ3) is 177. The SMILES string of the molecule is NCCCNCCO.NCCCNCCO.NCCCNCCO.NCCCNCCO.OC(O)CC(O)O.OC(O)CC(O)O.OC(O)CC(O)O.OC(O)CC(O)O.[Cu+2].[Cu+2].[Cu+2].[Cu+2]. The minimum Gasteiger partial charge on any atom is -0.395 e. The number of rotatable bonds is 28. The molecule has 0 aliphatic carbocycles. The predicted octanol–water partition coefficient (Wildman–Crippen LogP) is -12.4. The van der Waals surface area contributed by atoms with Gasteiger partial charge in [-0.15, -0.1) is 0 Å². The molecule has 0 aromatic rings. The molecule has 0 amide bonds. The van der Waals surface area contributed by atoms with Gasteiger partial charge >= 0.3 is 68.3 Å². The molecule has 0 spiro atoms. The Morgan fingerprint density at radius 3 is 0.438 bits per heavy atom. The molecule has 32 N–H and O–H groups in total. The van der Waals surface area contributed by atoms with E-state index in [2.05, 4.69) is 21.3 Å². The van der Waals surface area contributed by atoms with Gasteiger partial charge in [0.15, 0.2) is 50.3 Å². The zero-order valence-electron chi connectivity index (χ0n) is 36.0. The van der Waals surface area contributed by atoms with E-state index in [1.54, 1.807) is 0 Å². The molecule has 412 valence electrons. The zero-order chi connectivity index (χ0) is 48.4. The third-order valence-electron chi connectivity index (χ3n) is 5.07. The van der Waals surface area contributed by atoms with Gasteiger partial charge in [-0.1, -0.05) is 0 Å². The number of aliphatic hydroxyl groups is 20. The summed E-state index contributed by atoms with van der Waals surface area (Å²) in [5.41, 5.74) is 20.8. The number of hydrogen-bond acceptors (Lipinski definition) is 28. The van der Waals surface area contributed by atoms with E-state index >= 15 is 0 Å². The standard InChI is InChI=1S/4C5H14N2O.4C3H8O4.4Cu/c4*6-2-1-3-7-4-5-8;4*4-2(5)1-3(6)7;;;;/h4*7-8H,1-6H2;4*2-7H,1H2;;;;/q;;;;;;;;4*+2. The summed E-state index contributed by atoms with van der Waals surface area (Å²) in [6.07, 6.45) is -10.7. The van der Waals surface area contributed by atoms with Crippen molar-refractivity contribution in [1.82, 2.24) is 21.3 Å². The Kier molecular flexibility index (Phi) is 134. The van der Waals surface area contributed by atoms with E-state index < -0.39 is 76.0 Å². The van der Waals surface area contributed by atoms with Crippen LogP contribution in [0.5, 0.6) is 0 Å². The van der Waals surface area contributed by atoms with Crippen LogP contribution >= 0.6 is 0 Å². The average Bonchev–Trinajstić information content (AvgIpc) is 3.12. The Labute approximate surface area is 419 Å². The van der Waals surface area contributed by atoms with Crippen molar-refractivity contribution in [2.75, 3.05) is 105 Å². The smallest absolute Gasteiger partial charge is 0.395 e. The van der Waals surface area contributed by atoms with E-state index in [0.717, 1.165) is 78.0 Å². The molecule has 0 aromatic heterocycles. The number of nitrogens with two attached hydrogens (primary N) is 4. The Morgan fingerprint density at radius 1 is 0.250 bits per heavy atom. The molecule has 0 atom stereocenters. The van der Waals surface area contributed by atoms with Crippen molar-refractivity contribution in [3.05, 3.63) is 0 Å². The molecule has 0 bridgehead atoms. The fraction of sp³-hybridized carbons (Fsp3) is 1.00. The van der Waals surface area contributed by atoms with Crippen LogP contribution in [0.1, 0.15) is 51.4 Å². The van der Waals surface area contributed by atoms with Crippen LogP contribution in [0.4, 0.5) is 0 Å². The first kappa shape index (κ1) is 94.7. The molecule has 0 heterocycles. The Hall–Kier alpha value is 0.958. The summed E-state index contributed by atoms with van der Waals surface area (Å²) in [6.45, 7) is 10.1. The second kappa shape index (κ2) is 90.4. The molecule has 28 nitrogen and oxygen atoms in total. The Bertz CT molecular complexity index is 530. The van der Waals surface area contributed by atoms with Gasteiger partial charge in [0.2, 0.25) is 0 Å². The van der Waals surface area contributed by atoms with Gasteiger partial charge in [0, 0.05) is 51.9 Å². The second-order valence-corrected chi connectivity index (χ2v) is 11.3. The van der Waals surface area contributed by atoms with Gasteiger partial charge in [-0.05, 0) is 78.0 Å². The van der Waals surface area contributed by atoms with Crippen molar-refractivity contribution >= 4 is 0 Å². The Balaban J connectivity index is -0.0000000479. The van der Waals surface area contributed by atoms with E-state index in [1.807, 2.05) is 0 Å². The zero-order valence-corrected chi connectivity index (χ0v) is 39.8. The fourth-order valence-electron chi connectivity index (χ4n) is 2.48. The van der Waals surface area contributed by atoms with Crippen molar-refractivity contribution in [3.63, 3.8) is 0 Å². The molecule has 0 aliphatic heterocycles. The second-order valence-electron chi connectivity index (χ2n) is 11.3. The molecule has 32 heteroatoms. The Morgan fingerprint density at radius 2 is 0.375 bits per heavy atom. The molecule has 4 radical (unpaired) electrons. The van der Waals surface area contributed by atoms with Crippen LogP contribution in [0.25, 0.3) is 0 Å². The first-order valence-electron chi connectivity index (χ1n) is 19.1. The molecule has 0 saturated carbocycles. The largest absolute Gasteiger partial charge is 2.00 e. The van der Waals surface area contributed by atoms with Crippen molar-refractivity contribution in [2.24, 2.45) is 22.9 Å². The molecule has 64 heavy (non-hydrogen) atoms. The van der Waals surface area contributed by atoms with Crippen molar-refractivity contribution in [2.45, 2.75) is 102 Å². The summed E-state index contributed by atoms with van der Waals surface area (Å²) in [5.74, 6) is 0. The quantitative estimate of drug-likeness (QED) is 0.0196. The maximum absolute atomic E-state index is 8.27. The molecule has 0 unspecified atom stereocenters. The number of nitrogens with one attached hydrogen (secondary N) is 4. The van der Waals surface area contributed by atoms with Gasteiger partial charge in [-0.2, -0.15) is 0 Å². The van der Waals surface area contributed by atoms with Crippen LogP contribution in [0, 0.1) is 0 Å².